The quantitative estimate of drug-likeness (QED) is 0.410. The highest BCUT2D eigenvalue weighted by atomic mass is 32.1. The zero-order valence-electron chi connectivity index (χ0n) is 14.6. The zero-order valence-corrected chi connectivity index (χ0v) is 15.5. The summed E-state index contributed by atoms with van der Waals surface area (Å²) in [4.78, 5) is 27.5. The number of aromatic nitrogens is 3. The first-order valence-corrected chi connectivity index (χ1v) is 8.63. The van der Waals surface area contributed by atoms with Gasteiger partial charge in [0.15, 0.2) is 5.82 Å². The van der Waals surface area contributed by atoms with Crippen LogP contribution in [0.4, 0.5) is 13.2 Å². The van der Waals surface area contributed by atoms with E-state index >= 15 is 0 Å². The molecule has 148 valence electrons. The number of thiol groups is 1. The molecule has 1 aliphatic rings. The Morgan fingerprint density at radius 2 is 1.96 bits per heavy atom. The van der Waals surface area contributed by atoms with E-state index in [-0.39, 0.29) is 22.2 Å². The zero-order chi connectivity index (χ0) is 20.5. The fraction of sp³-hybridized carbons (Fsp3) is 0.294. The first-order valence-electron chi connectivity index (χ1n) is 8.18. The summed E-state index contributed by atoms with van der Waals surface area (Å²) in [6.45, 7) is 1.80. The van der Waals surface area contributed by atoms with Crippen LogP contribution in [0.25, 0.3) is 17.6 Å². The minimum Gasteiger partial charge on any atom is -0.273 e. The molecule has 1 heterocycles. The van der Waals surface area contributed by atoms with Crippen LogP contribution >= 0.6 is 12.6 Å². The van der Waals surface area contributed by atoms with E-state index in [1.807, 2.05) is 0 Å². The highest BCUT2D eigenvalue weighted by Gasteiger charge is 2.45. The molecule has 1 aliphatic carbocycles. The molecule has 1 fully saturated rings. The van der Waals surface area contributed by atoms with Crippen molar-refractivity contribution < 1.29 is 22.8 Å². The maximum atomic E-state index is 12.9. The molecule has 0 bridgehead atoms. The summed E-state index contributed by atoms with van der Waals surface area (Å²) in [5, 5.41) is 4.01. The third-order valence-electron chi connectivity index (χ3n) is 4.24. The first kappa shape index (κ1) is 19.9. The fourth-order valence-electron chi connectivity index (χ4n) is 2.25. The van der Waals surface area contributed by atoms with Gasteiger partial charge >= 0.3 is 6.18 Å². The van der Waals surface area contributed by atoms with Gasteiger partial charge in [0.05, 0.1) is 5.56 Å². The summed E-state index contributed by atoms with van der Waals surface area (Å²) >= 11 is 3.98. The summed E-state index contributed by atoms with van der Waals surface area (Å²) in [5.74, 6) is -0.808. The second-order valence-electron chi connectivity index (χ2n) is 6.63. The van der Waals surface area contributed by atoms with Crippen LogP contribution in [-0.4, -0.2) is 26.6 Å². The molecule has 1 aromatic carbocycles. The van der Waals surface area contributed by atoms with E-state index in [9.17, 15) is 22.8 Å². The van der Waals surface area contributed by atoms with Crippen LogP contribution < -0.4 is 10.9 Å². The van der Waals surface area contributed by atoms with Gasteiger partial charge in [0.25, 0.3) is 5.91 Å². The molecule has 0 spiro atoms. The lowest BCUT2D eigenvalue weighted by Gasteiger charge is -2.09. The third kappa shape index (κ3) is 4.71. The summed E-state index contributed by atoms with van der Waals surface area (Å²) in [6.07, 6.45) is 0.624. The van der Waals surface area contributed by atoms with Gasteiger partial charge in [0, 0.05) is 28.1 Å². The average molecular weight is 411 g/mol. The van der Waals surface area contributed by atoms with Gasteiger partial charge in [0.2, 0.25) is 5.91 Å². The van der Waals surface area contributed by atoms with Crippen molar-refractivity contribution in [2.45, 2.75) is 30.8 Å². The standard InChI is InChI=1S/C17H16F3N5O2S/c1-16(3-4-16)15(27)23-22-13(26)2-5-25-9-21-14(24-25)10-6-11(17(18,19)20)8-12(28)7-10/h2,5-9,28H,3-4H2,1H3,(H,22,26)(H,23,27)/b5-2-. The SMILES string of the molecule is CC1(C(=O)NNC(=O)/C=C\n2cnc(-c3cc(S)cc(C(F)(F)F)c3)n2)CC1. The van der Waals surface area contributed by atoms with Crippen LogP contribution in [0.5, 0.6) is 0 Å². The van der Waals surface area contributed by atoms with Crippen molar-refractivity contribution in [1.29, 1.82) is 0 Å². The number of hydrazine groups is 1. The maximum absolute atomic E-state index is 12.9. The monoisotopic (exact) mass is 411 g/mol. The van der Waals surface area contributed by atoms with Gasteiger partial charge in [-0.2, -0.15) is 13.2 Å². The van der Waals surface area contributed by atoms with Crippen molar-refractivity contribution in [3.63, 3.8) is 0 Å². The predicted molar refractivity (Wildman–Crippen MR) is 96.7 cm³/mol. The van der Waals surface area contributed by atoms with E-state index in [0.29, 0.717) is 0 Å². The number of hydrogen-bond donors (Lipinski definition) is 3. The molecule has 11 heteroatoms. The molecule has 0 unspecified atom stereocenters. The van der Waals surface area contributed by atoms with Crippen LogP contribution in [0.2, 0.25) is 0 Å². The average Bonchev–Trinajstić information content (AvgIpc) is 3.19. The predicted octanol–water partition coefficient (Wildman–Crippen LogP) is 2.67. The van der Waals surface area contributed by atoms with Crippen molar-refractivity contribution in [2.24, 2.45) is 5.41 Å². The molecule has 0 aliphatic heterocycles. The fourth-order valence-corrected chi connectivity index (χ4v) is 2.53. The Bertz CT molecular complexity index is 951. The summed E-state index contributed by atoms with van der Waals surface area (Å²) in [7, 11) is 0. The molecule has 7 nitrogen and oxygen atoms in total. The topological polar surface area (TPSA) is 88.9 Å². The number of halogens is 3. The van der Waals surface area contributed by atoms with Gasteiger partial charge in [-0.3, -0.25) is 20.4 Å². The molecule has 28 heavy (non-hydrogen) atoms. The Morgan fingerprint density at radius 3 is 2.61 bits per heavy atom. The Balaban J connectivity index is 1.65. The molecular weight excluding hydrogens is 395 g/mol. The molecule has 1 saturated carbocycles. The lowest BCUT2D eigenvalue weighted by Crippen LogP contribution is -2.44. The van der Waals surface area contributed by atoms with Crippen LogP contribution in [-0.2, 0) is 15.8 Å². The molecule has 2 N–H and O–H groups in total. The number of benzene rings is 1. The van der Waals surface area contributed by atoms with Crippen LogP contribution in [0.1, 0.15) is 25.3 Å². The largest absolute Gasteiger partial charge is 0.416 e. The van der Waals surface area contributed by atoms with Crippen molar-refractivity contribution >= 4 is 30.6 Å². The number of amides is 2. The van der Waals surface area contributed by atoms with Crippen molar-refractivity contribution in [3.8, 4) is 11.4 Å². The van der Waals surface area contributed by atoms with E-state index in [1.54, 1.807) is 6.92 Å². The number of carbonyl (C=O) groups is 2. The Morgan fingerprint density at radius 1 is 1.25 bits per heavy atom. The highest BCUT2D eigenvalue weighted by molar-refractivity contribution is 7.80. The second kappa shape index (κ2) is 7.30. The van der Waals surface area contributed by atoms with Crippen molar-refractivity contribution in [1.82, 2.24) is 25.6 Å². The molecule has 0 atom stereocenters. The van der Waals surface area contributed by atoms with Crippen molar-refractivity contribution in [3.05, 3.63) is 36.2 Å². The van der Waals surface area contributed by atoms with Gasteiger partial charge in [-0.1, -0.05) is 6.92 Å². The minimum absolute atomic E-state index is 0.0430. The first-order chi connectivity index (χ1) is 13.1. The summed E-state index contributed by atoms with van der Waals surface area (Å²) in [6, 6.07) is 3.23. The van der Waals surface area contributed by atoms with Crippen LogP contribution in [0, 0.1) is 5.41 Å². The van der Waals surface area contributed by atoms with E-state index in [2.05, 4.69) is 33.6 Å². The molecule has 1 aromatic heterocycles. The van der Waals surface area contributed by atoms with E-state index in [1.165, 1.54) is 18.6 Å². The van der Waals surface area contributed by atoms with E-state index in [4.69, 9.17) is 0 Å². The smallest absolute Gasteiger partial charge is 0.273 e. The number of rotatable bonds is 4. The Kier molecular flexibility index (Phi) is 5.20. The molecule has 2 amide bonds. The van der Waals surface area contributed by atoms with Gasteiger partial charge in [0.1, 0.15) is 6.33 Å². The summed E-state index contributed by atoms with van der Waals surface area (Å²) in [5.41, 5.74) is 3.43. The lowest BCUT2D eigenvalue weighted by atomic mass is 10.1. The Hall–Kier alpha value is -2.82. The number of nitrogens with one attached hydrogen (secondary N) is 2. The molecule has 3 rings (SSSR count). The lowest BCUT2D eigenvalue weighted by molar-refractivity contribution is -0.137. The minimum atomic E-state index is -4.52. The van der Waals surface area contributed by atoms with E-state index < -0.39 is 23.1 Å². The van der Waals surface area contributed by atoms with Gasteiger partial charge < -0.3 is 0 Å². The molecular formula is C17H16F3N5O2S. The van der Waals surface area contributed by atoms with Crippen LogP contribution in [0.15, 0.2) is 35.5 Å². The van der Waals surface area contributed by atoms with Gasteiger partial charge in [-0.15, -0.1) is 17.7 Å². The van der Waals surface area contributed by atoms with Gasteiger partial charge in [-0.05, 0) is 31.0 Å². The van der Waals surface area contributed by atoms with E-state index in [0.717, 1.165) is 35.7 Å². The summed E-state index contributed by atoms with van der Waals surface area (Å²) < 4.78 is 39.9. The maximum Gasteiger partial charge on any atom is 0.416 e. The molecule has 0 radical (unpaired) electrons. The van der Waals surface area contributed by atoms with Gasteiger partial charge in [-0.25, -0.2) is 9.67 Å². The van der Waals surface area contributed by atoms with Crippen molar-refractivity contribution in [2.75, 3.05) is 0 Å². The third-order valence-corrected chi connectivity index (χ3v) is 4.50. The number of nitrogens with zero attached hydrogens (tertiary/aromatic N) is 3. The Labute approximate surface area is 163 Å². The highest BCUT2D eigenvalue weighted by Crippen LogP contribution is 2.44. The second-order valence-corrected chi connectivity index (χ2v) is 7.15. The molecule has 0 saturated heterocycles. The molecule has 2 aromatic rings. The number of hydrogen-bond acceptors (Lipinski definition) is 5. The number of carbonyl (C=O) groups excluding carboxylic acids is 2. The number of alkyl halides is 3. The van der Waals surface area contributed by atoms with Crippen LogP contribution in [0.3, 0.4) is 0 Å². The normalized spacial score (nSPS) is 15.5.